The summed E-state index contributed by atoms with van der Waals surface area (Å²) in [5.74, 6) is -0.124. The van der Waals surface area contributed by atoms with Crippen LogP contribution >= 0.6 is 0 Å². The molecule has 112 valence electrons. The number of hydrogen-bond donors (Lipinski definition) is 1. The van der Waals surface area contributed by atoms with Crippen molar-refractivity contribution in [2.45, 2.75) is 27.2 Å². The molecule has 1 aromatic carbocycles. The van der Waals surface area contributed by atoms with Gasteiger partial charge in [-0.3, -0.25) is 9.20 Å². The number of amides is 1. The number of benzene rings is 1. The zero-order valence-corrected chi connectivity index (χ0v) is 13.1. The zero-order chi connectivity index (χ0) is 15.7. The van der Waals surface area contributed by atoms with Gasteiger partial charge in [0.25, 0.3) is 5.91 Å². The highest BCUT2D eigenvalue weighted by Gasteiger charge is 2.18. The molecular formula is C18H19N3O. The maximum Gasteiger partial charge on any atom is 0.274 e. The molecule has 4 nitrogen and oxygen atoms in total. The van der Waals surface area contributed by atoms with E-state index in [2.05, 4.69) is 10.3 Å². The molecule has 0 unspecified atom stereocenters. The van der Waals surface area contributed by atoms with Crippen LogP contribution in [0, 0.1) is 13.8 Å². The van der Waals surface area contributed by atoms with E-state index in [1.54, 1.807) is 0 Å². The molecule has 0 radical (unpaired) electrons. The quantitative estimate of drug-likeness (QED) is 0.799. The van der Waals surface area contributed by atoms with Gasteiger partial charge >= 0.3 is 0 Å². The van der Waals surface area contributed by atoms with Gasteiger partial charge in [-0.15, -0.1) is 0 Å². The van der Waals surface area contributed by atoms with E-state index in [0.29, 0.717) is 5.69 Å². The van der Waals surface area contributed by atoms with Crippen LogP contribution in [0.15, 0.2) is 42.6 Å². The first-order valence-corrected chi connectivity index (χ1v) is 7.44. The number of carbonyl (C=O) groups is 1. The van der Waals surface area contributed by atoms with Crippen molar-refractivity contribution in [1.29, 1.82) is 0 Å². The van der Waals surface area contributed by atoms with E-state index in [0.717, 1.165) is 34.6 Å². The standard InChI is InChI=1S/C18H19N3O/c1-4-15-17(21-11-13(3)8-9-16(21)20-15)18(22)19-14-7-5-6-12(2)10-14/h5-11H,4H2,1-3H3,(H,19,22). The summed E-state index contributed by atoms with van der Waals surface area (Å²) >= 11 is 0. The molecule has 0 aliphatic rings. The Balaban J connectivity index is 2.04. The Morgan fingerprint density at radius 3 is 2.73 bits per heavy atom. The lowest BCUT2D eigenvalue weighted by Crippen LogP contribution is -2.16. The highest BCUT2D eigenvalue weighted by molar-refractivity contribution is 6.04. The van der Waals surface area contributed by atoms with Gasteiger partial charge in [0.05, 0.1) is 5.69 Å². The summed E-state index contributed by atoms with van der Waals surface area (Å²) in [5.41, 5.74) is 5.24. The van der Waals surface area contributed by atoms with Crippen molar-refractivity contribution in [2.24, 2.45) is 0 Å². The second-order valence-corrected chi connectivity index (χ2v) is 5.52. The zero-order valence-electron chi connectivity index (χ0n) is 13.1. The van der Waals surface area contributed by atoms with Crippen LogP contribution in [0.2, 0.25) is 0 Å². The van der Waals surface area contributed by atoms with Crippen molar-refractivity contribution < 1.29 is 4.79 Å². The molecule has 4 heteroatoms. The molecule has 22 heavy (non-hydrogen) atoms. The molecule has 0 fully saturated rings. The van der Waals surface area contributed by atoms with Gasteiger partial charge in [-0.25, -0.2) is 4.98 Å². The number of pyridine rings is 1. The second-order valence-electron chi connectivity index (χ2n) is 5.52. The Bertz CT molecular complexity index is 849. The lowest BCUT2D eigenvalue weighted by atomic mass is 10.2. The largest absolute Gasteiger partial charge is 0.321 e. The third kappa shape index (κ3) is 2.60. The van der Waals surface area contributed by atoms with Crippen molar-refractivity contribution in [3.8, 4) is 0 Å². The van der Waals surface area contributed by atoms with Gasteiger partial charge in [-0.1, -0.05) is 25.1 Å². The molecule has 0 saturated carbocycles. The SMILES string of the molecule is CCc1nc2ccc(C)cn2c1C(=O)Nc1cccc(C)c1. The predicted octanol–water partition coefficient (Wildman–Crippen LogP) is 3.77. The highest BCUT2D eigenvalue weighted by Crippen LogP contribution is 2.17. The first kappa shape index (κ1) is 14.3. The Labute approximate surface area is 129 Å². The average Bonchev–Trinajstić information content (AvgIpc) is 2.85. The van der Waals surface area contributed by atoms with Gasteiger partial charge in [0.15, 0.2) is 0 Å². The number of aromatic nitrogens is 2. The Morgan fingerprint density at radius 1 is 1.18 bits per heavy atom. The Morgan fingerprint density at radius 2 is 2.00 bits per heavy atom. The Kier molecular flexibility index (Phi) is 3.67. The van der Waals surface area contributed by atoms with Crippen molar-refractivity contribution in [3.63, 3.8) is 0 Å². The summed E-state index contributed by atoms with van der Waals surface area (Å²) in [6.45, 7) is 6.02. The van der Waals surface area contributed by atoms with Gasteiger partial charge in [0.1, 0.15) is 11.3 Å². The van der Waals surface area contributed by atoms with Crippen molar-refractivity contribution in [2.75, 3.05) is 5.32 Å². The van der Waals surface area contributed by atoms with Crippen molar-refractivity contribution >= 4 is 17.2 Å². The van der Waals surface area contributed by atoms with Gasteiger partial charge in [-0.2, -0.15) is 0 Å². The predicted molar refractivity (Wildman–Crippen MR) is 88.4 cm³/mol. The van der Waals surface area contributed by atoms with E-state index in [1.807, 2.05) is 67.8 Å². The van der Waals surface area contributed by atoms with Crippen LogP contribution in [0.3, 0.4) is 0 Å². The van der Waals surface area contributed by atoms with Gasteiger partial charge in [0.2, 0.25) is 0 Å². The van der Waals surface area contributed by atoms with Crippen LogP contribution in [0.5, 0.6) is 0 Å². The minimum atomic E-state index is -0.124. The summed E-state index contributed by atoms with van der Waals surface area (Å²) in [6, 6.07) is 11.7. The summed E-state index contributed by atoms with van der Waals surface area (Å²) < 4.78 is 1.87. The molecule has 2 heterocycles. The molecular weight excluding hydrogens is 274 g/mol. The monoisotopic (exact) mass is 293 g/mol. The first-order chi connectivity index (χ1) is 10.6. The van der Waals surface area contributed by atoms with E-state index < -0.39 is 0 Å². The number of imidazole rings is 1. The third-order valence-electron chi connectivity index (χ3n) is 3.66. The van der Waals surface area contributed by atoms with Crippen LogP contribution in [0.4, 0.5) is 5.69 Å². The summed E-state index contributed by atoms with van der Waals surface area (Å²) in [5, 5.41) is 2.97. The van der Waals surface area contributed by atoms with Crippen LogP contribution in [0.1, 0.15) is 34.2 Å². The first-order valence-electron chi connectivity index (χ1n) is 7.44. The minimum absolute atomic E-state index is 0.124. The topological polar surface area (TPSA) is 46.4 Å². The number of anilines is 1. The second kappa shape index (κ2) is 5.64. The van der Waals surface area contributed by atoms with E-state index >= 15 is 0 Å². The van der Waals surface area contributed by atoms with Gasteiger partial charge in [-0.05, 0) is 49.6 Å². The normalized spacial score (nSPS) is 10.9. The molecule has 0 aliphatic heterocycles. The molecule has 1 amide bonds. The molecule has 0 bridgehead atoms. The number of carbonyl (C=O) groups excluding carboxylic acids is 1. The summed E-state index contributed by atoms with van der Waals surface area (Å²) in [6.07, 6.45) is 2.67. The maximum absolute atomic E-state index is 12.7. The third-order valence-corrected chi connectivity index (χ3v) is 3.66. The minimum Gasteiger partial charge on any atom is -0.321 e. The molecule has 3 rings (SSSR count). The number of aryl methyl sites for hydroxylation is 3. The van der Waals surface area contributed by atoms with Crippen LogP contribution < -0.4 is 5.32 Å². The number of hydrogen-bond acceptors (Lipinski definition) is 2. The fourth-order valence-electron chi connectivity index (χ4n) is 2.60. The smallest absolute Gasteiger partial charge is 0.274 e. The lowest BCUT2D eigenvalue weighted by molar-refractivity contribution is 0.102. The molecule has 3 aromatic rings. The van der Waals surface area contributed by atoms with Crippen LogP contribution in [-0.2, 0) is 6.42 Å². The highest BCUT2D eigenvalue weighted by atomic mass is 16.2. The number of fused-ring (bicyclic) bond motifs is 1. The summed E-state index contributed by atoms with van der Waals surface area (Å²) in [7, 11) is 0. The average molecular weight is 293 g/mol. The number of nitrogens with one attached hydrogen (secondary N) is 1. The molecule has 0 aliphatic carbocycles. The fourth-order valence-corrected chi connectivity index (χ4v) is 2.60. The molecule has 0 saturated heterocycles. The molecule has 0 atom stereocenters. The molecule has 0 spiro atoms. The van der Waals surface area contributed by atoms with Crippen LogP contribution in [-0.4, -0.2) is 15.3 Å². The Hall–Kier alpha value is -2.62. The van der Waals surface area contributed by atoms with E-state index in [4.69, 9.17) is 0 Å². The number of rotatable bonds is 3. The van der Waals surface area contributed by atoms with E-state index in [-0.39, 0.29) is 5.91 Å². The van der Waals surface area contributed by atoms with Crippen LogP contribution in [0.25, 0.3) is 5.65 Å². The molecule has 1 N–H and O–H groups in total. The lowest BCUT2D eigenvalue weighted by Gasteiger charge is -2.07. The van der Waals surface area contributed by atoms with Crippen molar-refractivity contribution in [3.05, 3.63) is 65.1 Å². The number of nitrogens with zero attached hydrogens (tertiary/aromatic N) is 2. The van der Waals surface area contributed by atoms with Gasteiger partial charge in [0, 0.05) is 11.9 Å². The van der Waals surface area contributed by atoms with E-state index in [1.165, 1.54) is 0 Å². The van der Waals surface area contributed by atoms with E-state index in [9.17, 15) is 4.79 Å². The molecule has 2 aromatic heterocycles. The summed E-state index contributed by atoms with van der Waals surface area (Å²) in [4.78, 5) is 17.3. The fraction of sp³-hybridized carbons (Fsp3) is 0.222. The maximum atomic E-state index is 12.7. The van der Waals surface area contributed by atoms with Gasteiger partial charge < -0.3 is 5.32 Å². The van der Waals surface area contributed by atoms with Crippen molar-refractivity contribution in [1.82, 2.24) is 9.38 Å².